The number of ether oxygens (including phenoxy) is 1. The fourth-order valence-corrected chi connectivity index (χ4v) is 2.22. The lowest BCUT2D eigenvalue weighted by atomic mass is 9.94. The van der Waals surface area contributed by atoms with Crippen LogP contribution in [0.25, 0.3) is 0 Å². The number of rotatable bonds is 8. The molecule has 1 rings (SSSR count). The molecule has 0 aliphatic carbocycles. The molecule has 112 valence electrons. The standard InChI is InChI=1S/C13H22N4O3/c1-5-7-14-10(6-2)9(3)11-12(17(18)19)13(20-4)16-8-15-11/h8-10,14H,5-7H2,1-4H3. The summed E-state index contributed by atoms with van der Waals surface area (Å²) < 4.78 is 4.98. The fourth-order valence-electron chi connectivity index (χ4n) is 2.22. The van der Waals surface area contributed by atoms with Gasteiger partial charge >= 0.3 is 5.69 Å². The van der Waals surface area contributed by atoms with Crippen LogP contribution >= 0.6 is 0 Å². The van der Waals surface area contributed by atoms with E-state index in [-0.39, 0.29) is 23.5 Å². The molecule has 0 saturated carbocycles. The average molecular weight is 282 g/mol. The van der Waals surface area contributed by atoms with Gasteiger partial charge in [-0.2, -0.15) is 4.98 Å². The van der Waals surface area contributed by atoms with Gasteiger partial charge in [-0.3, -0.25) is 10.1 Å². The van der Waals surface area contributed by atoms with E-state index >= 15 is 0 Å². The van der Waals surface area contributed by atoms with Crippen molar-refractivity contribution in [2.24, 2.45) is 0 Å². The number of methoxy groups -OCH3 is 1. The SMILES string of the molecule is CCCNC(CC)C(C)c1ncnc(OC)c1[N+](=O)[O-]. The van der Waals surface area contributed by atoms with Gasteiger partial charge in [0.05, 0.1) is 12.0 Å². The third-order valence-corrected chi connectivity index (χ3v) is 3.32. The van der Waals surface area contributed by atoms with Crippen LogP contribution in [-0.4, -0.2) is 34.6 Å². The van der Waals surface area contributed by atoms with Gasteiger partial charge in [0.15, 0.2) is 0 Å². The Morgan fingerprint density at radius 3 is 2.65 bits per heavy atom. The molecule has 0 saturated heterocycles. The molecule has 0 aliphatic rings. The van der Waals surface area contributed by atoms with Crippen LogP contribution in [0, 0.1) is 10.1 Å². The van der Waals surface area contributed by atoms with Gasteiger partial charge in [-0.05, 0) is 19.4 Å². The Kier molecular flexibility index (Phi) is 6.30. The number of nitro groups is 1. The summed E-state index contributed by atoms with van der Waals surface area (Å²) in [5.74, 6) is -0.0824. The molecule has 7 heteroatoms. The quantitative estimate of drug-likeness (QED) is 0.581. The van der Waals surface area contributed by atoms with Crippen molar-refractivity contribution in [1.82, 2.24) is 15.3 Å². The van der Waals surface area contributed by atoms with Gasteiger partial charge in [0.1, 0.15) is 12.0 Å². The minimum Gasteiger partial charge on any atom is -0.476 e. The van der Waals surface area contributed by atoms with E-state index in [1.54, 1.807) is 0 Å². The summed E-state index contributed by atoms with van der Waals surface area (Å²) >= 11 is 0. The second-order valence-corrected chi connectivity index (χ2v) is 4.63. The van der Waals surface area contributed by atoms with Crippen molar-refractivity contribution in [2.45, 2.75) is 45.6 Å². The predicted molar refractivity (Wildman–Crippen MR) is 76.0 cm³/mol. The lowest BCUT2D eigenvalue weighted by molar-refractivity contribution is -0.387. The normalized spacial score (nSPS) is 13.8. The first-order chi connectivity index (χ1) is 9.56. The zero-order chi connectivity index (χ0) is 15.1. The summed E-state index contributed by atoms with van der Waals surface area (Å²) in [6, 6.07) is 0.133. The van der Waals surface area contributed by atoms with Crippen molar-refractivity contribution in [1.29, 1.82) is 0 Å². The second-order valence-electron chi connectivity index (χ2n) is 4.63. The van der Waals surface area contributed by atoms with Crippen molar-refractivity contribution < 1.29 is 9.66 Å². The molecule has 0 amide bonds. The van der Waals surface area contributed by atoms with Crippen LogP contribution in [0.15, 0.2) is 6.33 Å². The molecule has 0 aromatic carbocycles. The maximum atomic E-state index is 11.3. The maximum absolute atomic E-state index is 11.3. The molecular formula is C13H22N4O3. The Morgan fingerprint density at radius 2 is 2.15 bits per heavy atom. The van der Waals surface area contributed by atoms with Crippen LogP contribution in [0.1, 0.15) is 45.2 Å². The van der Waals surface area contributed by atoms with Gasteiger partial charge in [0.2, 0.25) is 0 Å². The van der Waals surface area contributed by atoms with Crippen molar-refractivity contribution >= 4 is 5.69 Å². The van der Waals surface area contributed by atoms with Gasteiger partial charge < -0.3 is 10.1 Å². The van der Waals surface area contributed by atoms with Crippen LogP contribution in [0.3, 0.4) is 0 Å². The van der Waals surface area contributed by atoms with Gasteiger partial charge in [0.25, 0.3) is 5.88 Å². The molecule has 0 bridgehead atoms. The molecule has 1 N–H and O–H groups in total. The van der Waals surface area contributed by atoms with E-state index in [0.717, 1.165) is 19.4 Å². The van der Waals surface area contributed by atoms with Crippen molar-refractivity contribution in [2.75, 3.05) is 13.7 Å². The lowest BCUT2D eigenvalue weighted by Gasteiger charge is -2.23. The van der Waals surface area contributed by atoms with E-state index in [1.807, 2.05) is 13.8 Å². The zero-order valence-electron chi connectivity index (χ0n) is 12.4. The first-order valence-electron chi connectivity index (χ1n) is 6.83. The van der Waals surface area contributed by atoms with E-state index in [2.05, 4.69) is 22.2 Å². The Morgan fingerprint density at radius 1 is 1.45 bits per heavy atom. The number of aromatic nitrogens is 2. The van der Waals surface area contributed by atoms with E-state index in [0.29, 0.717) is 5.69 Å². The van der Waals surface area contributed by atoms with Crippen LogP contribution in [0.2, 0.25) is 0 Å². The smallest absolute Gasteiger partial charge is 0.352 e. The molecule has 1 aromatic heterocycles. The molecule has 20 heavy (non-hydrogen) atoms. The summed E-state index contributed by atoms with van der Waals surface area (Å²) in [5, 5.41) is 14.7. The summed E-state index contributed by atoms with van der Waals surface area (Å²) in [6.07, 6.45) is 3.19. The zero-order valence-corrected chi connectivity index (χ0v) is 12.4. The summed E-state index contributed by atoms with van der Waals surface area (Å²) in [5.41, 5.74) is 0.275. The number of hydrogen-bond acceptors (Lipinski definition) is 6. The van der Waals surface area contributed by atoms with Gasteiger partial charge in [-0.1, -0.05) is 20.8 Å². The first kappa shape index (κ1) is 16.3. The Labute approximate surface area is 118 Å². The molecule has 2 unspecified atom stereocenters. The van der Waals surface area contributed by atoms with Crippen LogP contribution in [0.4, 0.5) is 5.69 Å². The second kappa shape index (κ2) is 7.74. The van der Waals surface area contributed by atoms with E-state index in [9.17, 15) is 10.1 Å². The molecule has 0 radical (unpaired) electrons. The summed E-state index contributed by atoms with van der Waals surface area (Å²) in [7, 11) is 1.37. The number of hydrogen-bond donors (Lipinski definition) is 1. The van der Waals surface area contributed by atoms with E-state index in [4.69, 9.17) is 4.74 Å². The predicted octanol–water partition coefficient (Wildman–Crippen LogP) is 2.28. The average Bonchev–Trinajstić information content (AvgIpc) is 2.46. The van der Waals surface area contributed by atoms with Gasteiger partial charge in [0, 0.05) is 12.0 Å². The lowest BCUT2D eigenvalue weighted by Crippen LogP contribution is -2.34. The highest BCUT2D eigenvalue weighted by atomic mass is 16.6. The first-order valence-corrected chi connectivity index (χ1v) is 6.83. The van der Waals surface area contributed by atoms with Gasteiger partial charge in [-0.25, -0.2) is 4.98 Å². The molecule has 2 atom stereocenters. The Bertz CT molecular complexity index is 453. The topological polar surface area (TPSA) is 90.2 Å². The number of nitrogens with one attached hydrogen (secondary N) is 1. The van der Waals surface area contributed by atoms with Crippen molar-refractivity contribution in [3.05, 3.63) is 22.1 Å². The molecule has 0 spiro atoms. The third-order valence-electron chi connectivity index (χ3n) is 3.32. The Balaban J connectivity index is 3.13. The summed E-state index contributed by atoms with van der Waals surface area (Å²) in [4.78, 5) is 18.7. The molecule has 1 aromatic rings. The molecule has 0 aliphatic heterocycles. The minimum atomic E-state index is -0.475. The highest BCUT2D eigenvalue weighted by Gasteiger charge is 2.30. The van der Waals surface area contributed by atoms with Crippen molar-refractivity contribution in [3.63, 3.8) is 0 Å². The molecule has 7 nitrogen and oxygen atoms in total. The summed E-state index contributed by atoms with van der Waals surface area (Å²) in [6.45, 7) is 6.94. The fraction of sp³-hybridized carbons (Fsp3) is 0.692. The van der Waals surface area contributed by atoms with E-state index < -0.39 is 4.92 Å². The third kappa shape index (κ3) is 3.63. The highest BCUT2D eigenvalue weighted by Crippen LogP contribution is 2.33. The minimum absolute atomic E-state index is 0.0113. The molecular weight excluding hydrogens is 260 g/mol. The van der Waals surface area contributed by atoms with Crippen LogP contribution in [-0.2, 0) is 0 Å². The van der Waals surface area contributed by atoms with Crippen LogP contribution < -0.4 is 10.1 Å². The molecule has 0 fully saturated rings. The van der Waals surface area contributed by atoms with Gasteiger partial charge in [-0.15, -0.1) is 0 Å². The highest BCUT2D eigenvalue weighted by molar-refractivity contribution is 5.46. The maximum Gasteiger partial charge on any atom is 0.352 e. The largest absolute Gasteiger partial charge is 0.476 e. The monoisotopic (exact) mass is 282 g/mol. The molecule has 1 heterocycles. The van der Waals surface area contributed by atoms with E-state index in [1.165, 1.54) is 13.4 Å². The Hall–Kier alpha value is -1.76. The van der Waals surface area contributed by atoms with Crippen LogP contribution in [0.5, 0.6) is 5.88 Å². The van der Waals surface area contributed by atoms with Crippen molar-refractivity contribution in [3.8, 4) is 5.88 Å². The number of nitrogens with zero attached hydrogens (tertiary/aromatic N) is 3.